The largest absolute Gasteiger partial charge is 0.347 e. The summed E-state index contributed by atoms with van der Waals surface area (Å²) in [7, 11) is 0. The molecule has 0 radical (unpaired) electrons. The van der Waals surface area contributed by atoms with Crippen molar-refractivity contribution in [2.24, 2.45) is 0 Å². The predicted octanol–water partition coefficient (Wildman–Crippen LogP) is 2.68. The summed E-state index contributed by atoms with van der Waals surface area (Å²) in [4.78, 5) is 23.5. The van der Waals surface area contributed by atoms with Gasteiger partial charge in [-0.15, -0.1) is 0 Å². The molecule has 5 heteroatoms. The van der Waals surface area contributed by atoms with Gasteiger partial charge in [0.25, 0.3) is 0 Å². The van der Waals surface area contributed by atoms with Crippen molar-refractivity contribution in [3.05, 3.63) is 66.0 Å². The van der Waals surface area contributed by atoms with Gasteiger partial charge in [0.15, 0.2) is 0 Å². The molecule has 0 spiro atoms. The van der Waals surface area contributed by atoms with Crippen molar-refractivity contribution in [3.63, 3.8) is 0 Å². The zero-order valence-corrected chi connectivity index (χ0v) is 12.2. The van der Waals surface area contributed by atoms with Crippen LogP contribution in [0.4, 0.5) is 10.1 Å². The highest BCUT2D eigenvalue weighted by atomic mass is 19.1. The lowest BCUT2D eigenvalue weighted by Gasteiger charge is -2.13. The number of amides is 2. The summed E-state index contributed by atoms with van der Waals surface area (Å²) in [5.41, 5.74) is 1.32. The van der Waals surface area contributed by atoms with Gasteiger partial charge in [0.2, 0.25) is 0 Å². The van der Waals surface area contributed by atoms with E-state index in [9.17, 15) is 14.0 Å². The molecule has 2 aromatic rings. The van der Waals surface area contributed by atoms with Crippen molar-refractivity contribution < 1.29 is 14.0 Å². The van der Waals surface area contributed by atoms with Crippen LogP contribution in [0.2, 0.25) is 0 Å². The molecule has 1 atom stereocenters. The number of rotatable bonds is 4. The average Bonchev–Trinajstić information content (AvgIpc) is 2.53. The number of halogens is 1. The van der Waals surface area contributed by atoms with E-state index in [2.05, 4.69) is 10.6 Å². The van der Waals surface area contributed by atoms with E-state index < -0.39 is 17.6 Å². The van der Waals surface area contributed by atoms with Crippen LogP contribution < -0.4 is 10.6 Å². The number of carbonyl (C=O) groups excluding carboxylic acids is 2. The van der Waals surface area contributed by atoms with Crippen LogP contribution >= 0.6 is 0 Å². The molecule has 0 aliphatic carbocycles. The number of benzene rings is 2. The first-order valence-electron chi connectivity index (χ1n) is 6.96. The highest BCUT2D eigenvalue weighted by molar-refractivity contribution is 6.39. The molecule has 0 aliphatic heterocycles. The molecule has 0 saturated heterocycles. The van der Waals surface area contributed by atoms with Crippen molar-refractivity contribution in [2.75, 3.05) is 11.9 Å². The van der Waals surface area contributed by atoms with Gasteiger partial charge in [0.05, 0.1) is 0 Å². The summed E-state index contributed by atoms with van der Waals surface area (Å²) < 4.78 is 13.0. The molecule has 0 unspecified atom stereocenters. The normalized spacial score (nSPS) is 11.5. The Bertz CT molecular complexity index is 659. The maximum absolute atomic E-state index is 13.0. The van der Waals surface area contributed by atoms with E-state index in [0.717, 1.165) is 11.6 Å². The van der Waals surface area contributed by atoms with Crippen LogP contribution in [0.1, 0.15) is 18.4 Å². The molecular formula is C17H17FN2O2. The lowest BCUT2D eigenvalue weighted by atomic mass is 10.0. The smallest absolute Gasteiger partial charge is 0.313 e. The molecule has 0 fully saturated rings. The van der Waals surface area contributed by atoms with Crippen molar-refractivity contribution in [1.82, 2.24) is 5.32 Å². The monoisotopic (exact) mass is 300 g/mol. The maximum atomic E-state index is 13.0. The Morgan fingerprint density at radius 3 is 2.45 bits per heavy atom. The summed E-state index contributed by atoms with van der Waals surface area (Å²) in [5.74, 6) is -1.94. The standard InChI is InChI=1S/C17H17FN2O2/c1-12(13-6-3-2-4-7-13)11-19-16(21)17(22)20-15-9-5-8-14(18)10-15/h2-10,12H,11H2,1H3,(H,19,21)(H,20,22)/t12-/m1/s1. The van der Waals surface area contributed by atoms with Crippen LogP contribution in [0.3, 0.4) is 0 Å². The second kappa shape index (κ2) is 7.36. The van der Waals surface area contributed by atoms with E-state index in [0.29, 0.717) is 6.54 Å². The van der Waals surface area contributed by atoms with E-state index in [1.807, 2.05) is 37.3 Å². The minimum atomic E-state index is -0.814. The number of carbonyl (C=O) groups is 2. The lowest BCUT2D eigenvalue weighted by Crippen LogP contribution is -2.37. The molecule has 2 N–H and O–H groups in total. The first-order valence-corrected chi connectivity index (χ1v) is 6.96. The number of anilines is 1. The summed E-state index contributed by atoms with van der Waals surface area (Å²) in [6, 6.07) is 15.1. The second-order valence-electron chi connectivity index (χ2n) is 4.99. The third kappa shape index (κ3) is 4.41. The van der Waals surface area contributed by atoms with E-state index in [-0.39, 0.29) is 11.6 Å². The molecule has 0 heterocycles. The predicted molar refractivity (Wildman–Crippen MR) is 82.9 cm³/mol. The molecule has 0 aromatic heterocycles. The summed E-state index contributed by atoms with van der Waals surface area (Å²) in [5, 5.41) is 4.93. The fraction of sp³-hybridized carbons (Fsp3) is 0.176. The van der Waals surface area contributed by atoms with Crippen LogP contribution in [0.5, 0.6) is 0 Å². The SMILES string of the molecule is C[C@H](CNC(=O)C(=O)Nc1cccc(F)c1)c1ccccc1. The Labute approximate surface area is 128 Å². The van der Waals surface area contributed by atoms with Gasteiger partial charge in [-0.25, -0.2) is 4.39 Å². The van der Waals surface area contributed by atoms with Crippen molar-refractivity contribution in [3.8, 4) is 0 Å². The van der Waals surface area contributed by atoms with Crippen molar-refractivity contribution >= 4 is 17.5 Å². The van der Waals surface area contributed by atoms with E-state index in [1.165, 1.54) is 18.2 Å². The highest BCUT2D eigenvalue weighted by Crippen LogP contribution is 2.13. The lowest BCUT2D eigenvalue weighted by molar-refractivity contribution is -0.136. The van der Waals surface area contributed by atoms with Gasteiger partial charge in [0, 0.05) is 12.2 Å². The molecule has 2 rings (SSSR count). The highest BCUT2D eigenvalue weighted by Gasteiger charge is 2.15. The zero-order chi connectivity index (χ0) is 15.9. The third-order valence-corrected chi connectivity index (χ3v) is 3.23. The minimum absolute atomic E-state index is 0.0899. The first kappa shape index (κ1) is 15.7. The molecule has 2 amide bonds. The fourth-order valence-electron chi connectivity index (χ4n) is 1.98. The number of hydrogen-bond acceptors (Lipinski definition) is 2. The first-order chi connectivity index (χ1) is 10.6. The Morgan fingerprint density at radius 2 is 1.77 bits per heavy atom. The average molecular weight is 300 g/mol. The summed E-state index contributed by atoms with van der Waals surface area (Å²) in [6.45, 7) is 2.31. The van der Waals surface area contributed by atoms with Gasteiger partial charge in [-0.05, 0) is 29.7 Å². The van der Waals surface area contributed by atoms with E-state index >= 15 is 0 Å². The quantitative estimate of drug-likeness (QED) is 0.853. The van der Waals surface area contributed by atoms with Gasteiger partial charge >= 0.3 is 11.8 Å². The van der Waals surface area contributed by atoms with Gasteiger partial charge < -0.3 is 10.6 Å². The van der Waals surface area contributed by atoms with Gasteiger partial charge in [-0.1, -0.05) is 43.3 Å². The van der Waals surface area contributed by atoms with Crippen molar-refractivity contribution in [1.29, 1.82) is 0 Å². The molecule has 0 saturated carbocycles. The molecular weight excluding hydrogens is 283 g/mol. The molecule has 22 heavy (non-hydrogen) atoms. The fourth-order valence-corrected chi connectivity index (χ4v) is 1.98. The van der Waals surface area contributed by atoms with Gasteiger partial charge in [0.1, 0.15) is 5.82 Å². The summed E-state index contributed by atoms with van der Waals surface area (Å²) >= 11 is 0. The van der Waals surface area contributed by atoms with Crippen LogP contribution in [0.15, 0.2) is 54.6 Å². The molecule has 0 aliphatic rings. The summed E-state index contributed by atoms with van der Waals surface area (Å²) in [6.07, 6.45) is 0. The number of nitrogens with one attached hydrogen (secondary N) is 2. The minimum Gasteiger partial charge on any atom is -0.347 e. The zero-order valence-electron chi connectivity index (χ0n) is 12.2. The molecule has 4 nitrogen and oxygen atoms in total. The Kier molecular flexibility index (Phi) is 5.25. The van der Waals surface area contributed by atoms with Gasteiger partial charge in [-0.2, -0.15) is 0 Å². The maximum Gasteiger partial charge on any atom is 0.313 e. The Balaban J connectivity index is 1.85. The third-order valence-electron chi connectivity index (χ3n) is 3.23. The van der Waals surface area contributed by atoms with Crippen LogP contribution in [0.25, 0.3) is 0 Å². The molecule has 0 bridgehead atoms. The van der Waals surface area contributed by atoms with Crippen LogP contribution in [0, 0.1) is 5.82 Å². The van der Waals surface area contributed by atoms with Crippen LogP contribution in [-0.2, 0) is 9.59 Å². The Hall–Kier alpha value is -2.69. The topological polar surface area (TPSA) is 58.2 Å². The number of hydrogen-bond donors (Lipinski definition) is 2. The van der Waals surface area contributed by atoms with Crippen molar-refractivity contribution in [2.45, 2.75) is 12.8 Å². The molecule has 114 valence electrons. The van der Waals surface area contributed by atoms with Crippen LogP contribution in [-0.4, -0.2) is 18.4 Å². The second-order valence-corrected chi connectivity index (χ2v) is 4.99. The molecule has 2 aromatic carbocycles. The Morgan fingerprint density at radius 1 is 1.05 bits per heavy atom. The van der Waals surface area contributed by atoms with E-state index in [1.54, 1.807) is 0 Å². The van der Waals surface area contributed by atoms with Gasteiger partial charge in [-0.3, -0.25) is 9.59 Å². The van der Waals surface area contributed by atoms with E-state index in [4.69, 9.17) is 0 Å².